The Morgan fingerprint density at radius 2 is 2.00 bits per heavy atom. The smallest absolute Gasteiger partial charge is 0.277 e. The van der Waals surface area contributed by atoms with E-state index in [0.717, 1.165) is 0 Å². The predicted octanol–water partition coefficient (Wildman–Crippen LogP) is 3.84. The number of rotatable bonds is 3. The van der Waals surface area contributed by atoms with Crippen molar-refractivity contribution in [2.75, 3.05) is 5.32 Å². The molecule has 0 spiro atoms. The predicted molar refractivity (Wildman–Crippen MR) is 73.6 cm³/mol. The number of aromatic nitrogens is 1. The fourth-order valence-electron chi connectivity index (χ4n) is 1.67. The van der Waals surface area contributed by atoms with E-state index in [4.69, 9.17) is 20.5 Å². The van der Waals surface area contributed by atoms with Crippen LogP contribution in [0.15, 0.2) is 57.7 Å². The lowest BCUT2D eigenvalue weighted by Gasteiger charge is -2.03. The Kier molecular flexibility index (Phi) is 3.26. The molecule has 1 N–H and O–H groups in total. The van der Waals surface area contributed by atoms with Gasteiger partial charge in [0.1, 0.15) is 0 Å². The molecule has 20 heavy (non-hydrogen) atoms. The molecule has 0 aliphatic heterocycles. The molecule has 0 saturated carbocycles. The minimum atomic E-state index is -0.403. The molecule has 1 amide bonds. The standard InChI is InChI=1S/C14H9ClN2O3/c15-9-4-1-2-5-10(9)16-14(18)11-8-13(20-17-11)12-6-3-7-19-12/h1-8H,(H,16,18). The molecule has 0 bridgehead atoms. The maximum Gasteiger partial charge on any atom is 0.277 e. The van der Waals surface area contributed by atoms with Crippen LogP contribution >= 0.6 is 11.6 Å². The lowest BCUT2D eigenvalue weighted by Crippen LogP contribution is -2.12. The maximum atomic E-state index is 12.0. The number of carbonyl (C=O) groups excluding carboxylic acids is 1. The fourth-order valence-corrected chi connectivity index (χ4v) is 1.85. The van der Waals surface area contributed by atoms with Gasteiger partial charge in [0.05, 0.1) is 17.0 Å². The largest absolute Gasteiger partial charge is 0.461 e. The summed E-state index contributed by atoms with van der Waals surface area (Å²) in [7, 11) is 0. The number of carbonyl (C=O) groups is 1. The van der Waals surface area contributed by atoms with Crippen molar-refractivity contribution in [1.29, 1.82) is 0 Å². The molecular formula is C14H9ClN2O3. The van der Waals surface area contributed by atoms with Crippen molar-refractivity contribution in [3.63, 3.8) is 0 Å². The van der Waals surface area contributed by atoms with Crippen molar-refractivity contribution < 1.29 is 13.7 Å². The van der Waals surface area contributed by atoms with E-state index in [2.05, 4.69) is 10.5 Å². The van der Waals surface area contributed by atoms with Gasteiger partial charge in [-0.05, 0) is 24.3 Å². The zero-order valence-electron chi connectivity index (χ0n) is 10.2. The summed E-state index contributed by atoms with van der Waals surface area (Å²) in [5, 5.41) is 6.82. The van der Waals surface area contributed by atoms with Gasteiger partial charge >= 0.3 is 0 Å². The lowest BCUT2D eigenvalue weighted by molar-refractivity contribution is 0.101. The zero-order valence-corrected chi connectivity index (χ0v) is 10.9. The number of amides is 1. The third kappa shape index (κ3) is 2.44. The second kappa shape index (κ2) is 5.22. The molecule has 0 atom stereocenters. The molecule has 0 saturated heterocycles. The van der Waals surface area contributed by atoms with Gasteiger partial charge in [-0.15, -0.1) is 0 Å². The van der Waals surface area contributed by atoms with Gasteiger partial charge in [-0.1, -0.05) is 28.9 Å². The number of furan rings is 1. The molecule has 0 radical (unpaired) electrons. The van der Waals surface area contributed by atoms with Crippen molar-refractivity contribution in [2.45, 2.75) is 0 Å². The second-order valence-electron chi connectivity index (χ2n) is 3.99. The van der Waals surface area contributed by atoms with Crippen LogP contribution in [0.25, 0.3) is 11.5 Å². The first-order valence-corrected chi connectivity index (χ1v) is 6.18. The van der Waals surface area contributed by atoms with E-state index < -0.39 is 5.91 Å². The Bertz CT molecular complexity index is 734. The van der Waals surface area contributed by atoms with Crippen molar-refractivity contribution >= 4 is 23.2 Å². The van der Waals surface area contributed by atoms with E-state index in [1.54, 1.807) is 36.4 Å². The number of hydrogen-bond donors (Lipinski definition) is 1. The van der Waals surface area contributed by atoms with Gasteiger partial charge in [0.15, 0.2) is 11.5 Å². The fraction of sp³-hybridized carbons (Fsp3) is 0. The third-order valence-electron chi connectivity index (χ3n) is 2.63. The number of hydrogen-bond acceptors (Lipinski definition) is 4. The summed E-state index contributed by atoms with van der Waals surface area (Å²) in [4.78, 5) is 12.0. The number of nitrogens with one attached hydrogen (secondary N) is 1. The zero-order chi connectivity index (χ0) is 13.9. The number of anilines is 1. The Balaban J connectivity index is 1.80. The summed E-state index contributed by atoms with van der Waals surface area (Å²) >= 11 is 5.97. The van der Waals surface area contributed by atoms with E-state index in [1.807, 2.05) is 0 Å². The molecule has 5 nitrogen and oxygen atoms in total. The van der Waals surface area contributed by atoms with Gasteiger partial charge in [0.25, 0.3) is 5.91 Å². The molecule has 2 heterocycles. The topological polar surface area (TPSA) is 68.3 Å². The van der Waals surface area contributed by atoms with Gasteiger partial charge in [-0.25, -0.2) is 0 Å². The average Bonchev–Trinajstić information content (AvgIpc) is 3.11. The van der Waals surface area contributed by atoms with Crippen molar-refractivity contribution in [2.24, 2.45) is 0 Å². The highest BCUT2D eigenvalue weighted by molar-refractivity contribution is 6.33. The van der Waals surface area contributed by atoms with Crippen LogP contribution in [0, 0.1) is 0 Å². The first-order valence-electron chi connectivity index (χ1n) is 5.80. The molecule has 6 heteroatoms. The molecule has 3 rings (SSSR count). The van der Waals surface area contributed by atoms with Gasteiger partial charge < -0.3 is 14.3 Å². The average molecular weight is 289 g/mol. The number of benzene rings is 1. The SMILES string of the molecule is O=C(Nc1ccccc1Cl)c1cc(-c2ccco2)on1. The van der Waals surface area contributed by atoms with Crippen LogP contribution < -0.4 is 5.32 Å². The molecule has 0 fully saturated rings. The molecule has 0 aliphatic rings. The molecule has 100 valence electrons. The summed E-state index contributed by atoms with van der Waals surface area (Å²) < 4.78 is 10.2. The minimum absolute atomic E-state index is 0.149. The molecular weight excluding hydrogens is 280 g/mol. The highest BCUT2D eigenvalue weighted by Crippen LogP contribution is 2.23. The summed E-state index contributed by atoms with van der Waals surface area (Å²) in [5.74, 6) is 0.494. The lowest BCUT2D eigenvalue weighted by atomic mass is 10.3. The molecule has 0 aliphatic carbocycles. The van der Waals surface area contributed by atoms with E-state index >= 15 is 0 Å². The molecule has 0 unspecified atom stereocenters. The first kappa shape index (κ1) is 12.5. The van der Waals surface area contributed by atoms with Crippen LogP contribution in [-0.4, -0.2) is 11.1 Å². The maximum absolute atomic E-state index is 12.0. The number of halogens is 1. The summed E-state index contributed by atoms with van der Waals surface area (Å²) in [6, 6.07) is 11.9. The second-order valence-corrected chi connectivity index (χ2v) is 4.39. The van der Waals surface area contributed by atoms with Crippen LogP contribution in [0.1, 0.15) is 10.5 Å². The third-order valence-corrected chi connectivity index (χ3v) is 2.96. The van der Waals surface area contributed by atoms with Crippen molar-refractivity contribution in [1.82, 2.24) is 5.16 Å². The van der Waals surface area contributed by atoms with E-state index in [-0.39, 0.29) is 5.69 Å². The number of nitrogens with zero attached hydrogens (tertiary/aromatic N) is 1. The summed E-state index contributed by atoms with van der Waals surface area (Å²) in [5.41, 5.74) is 0.665. The molecule has 1 aromatic carbocycles. The highest BCUT2D eigenvalue weighted by Gasteiger charge is 2.15. The van der Waals surface area contributed by atoms with Crippen LogP contribution in [0.2, 0.25) is 5.02 Å². The monoisotopic (exact) mass is 288 g/mol. The normalized spacial score (nSPS) is 10.4. The highest BCUT2D eigenvalue weighted by atomic mass is 35.5. The Hall–Kier alpha value is -2.53. The van der Waals surface area contributed by atoms with Crippen LogP contribution in [0.4, 0.5) is 5.69 Å². The van der Waals surface area contributed by atoms with Gasteiger partial charge in [0, 0.05) is 6.07 Å². The van der Waals surface area contributed by atoms with Gasteiger partial charge in [0.2, 0.25) is 5.76 Å². The summed E-state index contributed by atoms with van der Waals surface area (Å²) in [6.07, 6.45) is 1.52. The van der Waals surface area contributed by atoms with E-state index in [9.17, 15) is 4.79 Å². The summed E-state index contributed by atoms with van der Waals surface area (Å²) in [6.45, 7) is 0. The van der Waals surface area contributed by atoms with Crippen LogP contribution in [0.5, 0.6) is 0 Å². The molecule has 3 aromatic rings. The van der Waals surface area contributed by atoms with E-state index in [1.165, 1.54) is 12.3 Å². The Morgan fingerprint density at radius 1 is 1.15 bits per heavy atom. The van der Waals surface area contributed by atoms with Crippen molar-refractivity contribution in [3.05, 3.63) is 59.4 Å². The first-order chi connectivity index (χ1) is 9.74. The van der Waals surface area contributed by atoms with Crippen LogP contribution in [-0.2, 0) is 0 Å². The van der Waals surface area contributed by atoms with Crippen molar-refractivity contribution in [3.8, 4) is 11.5 Å². The number of para-hydroxylation sites is 1. The van der Waals surface area contributed by atoms with Gasteiger partial charge in [-0.2, -0.15) is 0 Å². The molecule has 2 aromatic heterocycles. The quantitative estimate of drug-likeness (QED) is 0.795. The van der Waals surface area contributed by atoms with E-state index in [0.29, 0.717) is 22.2 Å². The Morgan fingerprint density at radius 3 is 2.75 bits per heavy atom. The van der Waals surface area contributed by atoms with Gasteiger partial charge in [-0.3, -0.25) is 4.79 Å². The van der Waals surface area contributed by atoms with Crippen LogP contribution in [0.3, 0.4) is 0 Å². The minimum Gasteiger partial charge on any atom is -0.461 e. The Labute approximate surface area is 119 Å².